The summed E-state index contributed by atoms with van der Waals surface area (Å²) in [5.41, 5.74) is 1.73. The van der Waals surface area contributed by atoms with E-state index in [1.54, 1.807) is 28.5 Å². The number of nitrogens with one attached hydrogen (secondary N) is 1. The van der Waals surface area contributed by atoms with Crippen molar-refractivity contribution in [1.29, 1.82) is 0 Å². The highest BCUT2D eigenvalue weighted by atomic mass is 32.1. The Morgan fingerprint density at radius 3 is 3.07 bits per heavy atom. The molecule has 0 spiro atoms. The van der Waals surface area contributed by atoms with E-state index in [9.17, 15) is 4.79 Å². The third kappa shape index (κ3) is 4.06. The molecule has 0 saturated heterocycles. The van der Waals surface area contributed by atoms with Gasteiger partial charge in [0.15, 0.2) is 5.82 Å². The van der Waals surface area contributed by atoms with Gasteiger partial charge in [-0.05, 0) is 17.5 Å². The number of carbonyl (C=O) groups is 1. The fourth-order valence-corrected chi connectivity index (χ4v) is 3.08. The van der Waals surface area contributed by atoms with E-state index in [0.717, 1.165) is 11.1 Å². The standard InChI is InChI=1S/C17H15N7O2S/c25-14(3-4-15-22-23-17(26-15)13-5-7-27-9-13)20-8-12-2-1-6-19-16(12)24-11-18-10-21-24/h1-2,5-7,9-11H,3-4,8H2,(H,20,25). The van der Waals surface area contributed by atoms with Gasteiger partial charge in [-0.2, -0.15) is 16.4 Å². The van der Waals surface area contributed by atoms with Crippen molar-refractivity contribution in [3.8, 4) is 17.3 Å². The van der Waals surface area contributed by atoms with Crippen LogP contribution in [0.2, 0.25) is 0 Å². The first-order chi connectivity index (χ1) is 13.3. The third-order valence-corrected chi connectivity index (χ3v) is 4.46. The van der Waals surface area contributed by atoms with E-state index in [-0.39, 0.29) is 12.3 Å². The van der Waals surface area contributed by atoms with E-state index in [2.05, 4.69) is 30.6 Å². The van der Waals surface area contributed by atoms with Crippen LogP contribution in [0.4, 0.5) is 0 Å². The number of hydrogen-bond acceptors (Lipinski definition) is 8. The topological polar surface area (TPSA) is 112 Å². The van der Waals surface area contributed by atoms with Crippen molar-refractivity contribution in [1.82, 2.24) is 35.3 Å². The summed E-state index contributed by atoms with van der Waals surface area (Å²) in [7, 11) is 0. The number of pyridine rings is 1. The van der Waals surface area contributed by atoms with Gasteiger partial charge in [0, 0.05) is 42.1 Å². The van der Waals surface area contributed by atoms with Crippen LogP contribution in [0.15, 0.2) is 52.2 Å². The molecule has 4 rings (SSSR count). The first-order valence-electron chi connectivity index (χ1n) is 8.20. The summed E-state index contributed by atoms with van der Waals surface area (Å²) >= 11 is 1.56. The fraction of sp³-hybridized carbons (Fsp3) is 0.176. The molecule has 0 aliphatic carbocycles. The second-order valence-corrected chi connectivity index (χ2v) is 6.40. The number of carbonyl (C=O) groups excluding carboxylic acids is 1. The fourth-order valence-electron chi connectivity index (χ4n) is 2.45. The number of rotatable bonds is 7. The van der Waals surface area contributed by atoms with Crippen LogP contribution in [0, 0.1) is 0 Å². The van der Waals surface area contributed by atoms with Gasteiger partial charge in [-0.25, -0.2) is 14.6 Å². The van der Waals surface area contributed by atoms with Crippen LogP contribution in [0.25, 0.3) is 17.3 Å². The molecule has 136 valence electrons. The summed E-state index contributed by atoms with van der Waals surface area (Å²) in [6.07, 6.45) is 5.30. The second kappa shape index (κ2) is 7.87. The maximum absolute atomic E-state index is 12.2. The number of amides is 1. The van der Waals surface area contributed by atoms with Crippen LogP contribution < -0.4 is 5.32 Å². The zero-order valence-electron chi connectivity index (χ0n) is 14.1. The molecule has 0 bridgehead atoms. The number of aryl methyl sites for hydroxylation is 1. The molecule has 1 N–H and O–H groups in total. The summed E-state index contributed by atoms with van der Waals surface area (Å²) < 4.78 is 7.15. The Morgan fingerprint density at radius 1 is 1.30 bits per heavy atom. The van der Waals surface area contributed by atoms with Gasteiger partial charge in [0.25, 0.3) is 0 Å². The zero-order valence-corrected chi connectivity index (χ0v) is 15.0. The van der Waals surface area contributed by atoms with Gasteiger partial charge in [-0.15, -0.1) is 10.2 Å². The Morgan fingerprint density at radius 2 is 2.26 bits per heavy atom. The van der Waals surface area contributed by atoms with Crippen LogP contribution in [0.1, 0.15) is 17.9 Å². The first-order valence-corrected chi connectivity index (χ1v) is 9.14. The molecule has 0 aliphatic rings. The minimum absolute atomic E-state index is 0.112. The molecule has 0 radical (unpaired) electrons. The lowest BCUT2D eigenvalue weighted by molar-refractivity contribution is -0.121. The quantitative estimate of drug-likeness (QED) is 0.521. The minimum Gasteiger partial charge on any atom is -0.421 e. The molecule has 1 amide bonds. The lowest BCUT2D eigenvalue weighted by Gasteiger charge is -2.09. The molecule has 0 atom stereocenters. The lowest BCUT2D eigenvalue weighted by Crippen LogP contribution is -2.24. The summed E-state index contributed by atoms with van der Waals surface area (Å²) in [6.45, 7) is 0.339. The predicted molar refractivity (Wildman–Crippen MR) is 96.9 cm³/mol. The van der Waals surface area contributed by atoms with E-state index in [1.165, 1.54) is 6.33 Å². The maximum Gasteiger partial charge on any atom is 0.248 e. The van der Waals surface area contributed by atoms with Crippen molar-refractivity contribution < 1.29 is 9.21 Å². The highest BCUT2D eigenvalue weighted by Gasteiger charge is 2.12. The molecule has 0 unspecified atom stereocenters. The molecule has 0 fully saturated rings. The molecule has 27 heavy (non-hydrogen) atoms. The van der Waals surface area contributed by atoms with E-state index < -0.39 is 0 Å². The molecule has 0 aromatic carbocycles. The van der Waals surface area contributed by atoms with Crippen LogP contribution in [0.3, 0.4) is 0 Å². The van der Waals surface area contributed by atoms with Gasteiger partial charge in [0.05, 0.1) is 0 Å². The highest BCUT2D eigenvalue weighted by molar-refractivity contribution is 7.08. The van der Waals surface area contributed by atoms with E-state index in [1.807, 2.05) is 29.0 Å². The Kier molecular flexibility index (Phi) is 4.97. The van der Waals surface area contributed by atoms with Gasteiger partial charge in [0.1, 0.15) is 12.7 Å². The lowest BCUT2D eigenvalue weighted by atomic mass is 10.2. The van der Waals surface area contributed by atoms with Crippen molar-refractivity contribution in [2.75, 3.05) is 0 Å². The minimum atomic E-state index is -0.112. The van der Waals surface area contributed by atoms with E-state index in [4.69, 9.17) is 4.42 Å². The number of nitrogens with zero attached hydrogens (tertiary/aromatic N) is 6. The molecule has 0 saturated carbocycles. The summed E-state index contributed by atoms with van der Waals surface area (Å²) in [5, 5.41) is 18.8. The zero-order chi connectivity index (χ0) is 18.5. The molecule has 4 heterocycles. The highest BCUT2D eigenvalue weighted by Crippen LogP contribution is 2.20. The Labute approximate surface area is 158 Å². The molecule has 4 aromatic rings. The van der Waals surface area contributed by atoms with Gasteiger partial charge in [0.2, 0.25) is 17.7 Å². The molecule has 4 aromatic heterocycles. The largest absolute Gasteiger partial charge is 0.421 e. The first kappa shape index (κ1) is 17.0. The Hall–Kier alpha value is -3.40. The van der Waals surface area contributed by atoms with E-state index in [0.29, 0.717) is 30.6 Å². The Bertz CT molecular complexity index is 1010. The van der Waals surface area contributed by atoms with Crippen LogP contribution in [0.5, 0.6) is 0 Å². The van der Waals surface area contributed by atoms with Gasteiger partial charge >= 0.3 is 0 Å². The molecular weight excluding hydrogens is 366 g/mol. The van der Waals surface area contributed by atoms with Crippen molar-refractivity contribution in [3.05, 3.63) is 59.3 Å². The monoisotopic (exact) mass is 381 g/mol. The SMILES string of the molecule is O=C(CCc1nnc(-c2ccsc2)o1)NCc1cccnc1-n1cncn1. The second-order valence-electron chi connectivity index (χ2n) is 5.62. The van der Waals surface area contributed by atoms with Crippen LogP contribution in [-0.2, 0) is 17.8 Å². The average Bonchev–Trinajstić information content (AvgIpc) is 3.46. The molecule has 10 heteroatoms. The smallest absolute Gasteiger partial charge is 0.248 e. The normalized spacial score (nSPS) is 10.8. The van der Waals surface area contributed by atoms with Crippen LogP contribution >= 0.6 is 11.3 Å². The molecule has 9 nitrogen and oxygen atoms in total. The molecule has 0 aliphatic heterocycles. The number of hydrogen-bond donors (Lipinski definition) is 1. The predicted octanol–water partition coefficient (Wildman–Crippen LogP) is 2.02. The molecular formula is C17H15N7O2S. The maximum atomic E-state index is 12.2. The van der Waals surface area contributed by atoms with Crippen LogP contribution in [-0.4, -0.2) is 35.9 Å². The number of aromatic nitrogens is 6. The number of thiophene rings is 1. The van der Waals surface area contributed by atoms with Crippen molar-refractivity contribution in [2.24, 2.45) is 0 Å². The average molecular weight is 381 g/mol. The van der Waals surface area contributed by atoms with E-state index >= 15 is 0 Å². The van der Waals surface area contributed by atoms with Crippen molar-refractivity contribution in [3.63, 3.8) is 0 Å². The summed E-state index contributed by atoms with van der Waals surface area (Å²) in [5.74, 6) is 1.43. The summed E-state index contributed by atoms with van der Waals surface area (Å²) in [6, 6.07) is 5.61. The van der Waals surface area contributed by atoms with Gasteiger partial charge in [-0.1, -0.05) is 6.07 Å². The van der Waals surface area contributed by atoms with Gasteiger partial charge in [-0.3, -0.25) is 4.79 Å². The van der Waals surface area contributed by atoms with Crippen molar-refractivity contribution in [2.45, 2.75) is 19.4 Å². The van der Waals surface area contributed by atoms with Crippen molar-refractivity contribution >= 4 is 17.2 Å². The van der Waals surface area contributed by atoms with Gasteiger partial charge < -0.3 is 9.73 Å². The Balaban J connectivity index is 1.32. The third-order valence-electron chi connectivity index (χ3n) is 3.78. The summed E-state index contributed by atoms with van der Waals surface area (Å²) in [4.78, 5) is 20.4.